The second kappa shape index (κ2) is 6.00. The zero-order valence-corrected chi connectivity index (χ0v) is 11.0. The van der Waals surface area contributed by atoms with Gasteiger partial charge in [0, 0.05) is 13.0 Å². The van der Waals surface area contributed by atoms with Gasteiger partial charge in [-0.1, -0.05) is 13.8 Å². The lowest BCUT2D eigenvalue weighted by atomic mass is 10.0. The first-order chi connectivity index (χ1) is 7.97. The van der Waals surface area contributed by atoms with Gasteiger partial charge < -0.3 is 16.0 Å². The summed E-state index contributed by atoms with van der Waals surface area (Å²) in [4.78, 5) is 25.2. The fraction of sp³-hybridized carbons (Fsp3) is 0.833. The molecule has 1 heterocycles. The van der Waals surface area contributed by atoms with Gasteiger partial charge in [-0.15, -0.1) is 0 Å². The number of nitrogens with two attached hydrogens (primary N) is 2. The van der Waals surface area contributed by atoms with E-state index in [0.29, 0.717) is 18.9 Å². The van der Waals surface area contributed by atoms with Gasteiger partial charge in [-0.05, 0) is 18.8 Å². The summed E-state index contributed by atoms with van der Waals surface area (Å²) >= 11 is 0. The Bertz CT molecular complexity index is 291. The molecule has 1 rings (SSSR count). The van der Waals surface area contributed by atoms with Crippen LogP contribution in [-0.2, 0) is 9.59 Å². The van der Waals surface area contributed by atoms with E-state index < -0.39 is 6.04 Å². The minimum absolute atomic E-state index is 0.0579. The van der Waals surface area contributed by atoms with Crippen molar-refractivity contribution in [1.29, 1.82) is 0 Å². The number of rotatable bonds is 5. The molecule has 1 saturated heterocycles. The van der Waals surface area contributed by atoms with Gasteiger partial charge in [-0.3, -0.25) is 9.59 Å². The molecular formula is C12H24N3O2+. The van der Waals surface area contributed by atoms with Gasteiger partial charge >= 0.3 is 0 Å². The summed E-state index contributed by atoms with van der Waals surface area (Å²) < 4.78 is 0. The molecule has 0 aromatic carbocycles. The highest BCUT2D eigenvalue weighted by Crippen LogP contribution is 2.18. The monoisotopic (exact) mass is 242 g/mol. The Morgan fingerprint density at radius 2 is 2.12 bits per heavy atom. The number of nitrogens with zero attached hydrogens (tertiary/aromatic N) is 1. The van der Waals surface area contributed by atoms with Crippen LogP contribution >= 0.6 is 0 Å². The minimum atomic E-state index is -0.392. The van der Waals surface area contributed by atoms with Crippen molar-refractivity contribution in [3.8, 4) is 0 Å². The van der Waals surface area contributed by atoms with Crippen molar-refractivity contribution in [3.05, 3.63) is 0 Å². The van der Waals surface area contributed by atoms with Crippen LogP contribution in [0.3, 0.4) is 0 Å². The number of hydrogen-bond donors (Lipinski definition) is 2. The molecule has 5 nitrogen and oxygen atoms in total. The summed E-state index contributed by atoms with van der Waals surface area (Å²) in [5.41, 5.74) is 5.33. The lowest BCUT2D eigenvalue weighted by Crippen LogP contribution is -2.89. The van der Waals surface area contributed by atoms with E-state index in [4.69, 9.17) is 5.73 Å². The van der Waals surface area contributed by atoms with E-state index in [1.165, 1.54) is 0 Å². The highest BCUT2D eigenvalue weighted by molar-refractivity contribution is 5.88. The standard InChI is InChI=1S/C12H23N3O2/c1-8(2)7-9(14-3)12(17)15-6-4-5-10(15)11(13)16/h8-10,14H,4-7H2,1-3H3,(H2,13,16)/p+1. The molecule has 2 atom stereocenters. The number of hydrogen-bond acceptors (Lipinski definition) is 2. The normalized spacial score (nSPS) is 21.9. The highest BCUT2D eigenvalue weighted by atomic mass is 16.2. The number of amides is 2. The van der Waals surface area contributed by atoms with E-state index in [-0.39, 0.29) is 17.9 Å². The van der Waals surface area contributed by atoms with Crippen molar-refractivity contribution in [3.63, 3.8) is 0 Å². The Hall–Kier alpha value is -1.10. The molecule has 1 aliphatic rings. The molecule has 5 heteroatoms. The summed E-state index contributed by atoms with van der Waals surface area (Å²) in [7, 11) is 1.90. The van der Waals surface area contributed by atoms with E-state index >= 15 is 0 Å². The third-order valence-corrected chi connectivity index (χ3v) is 3.31. The third kappa shape index (κ3) is 3.43. The fourth-order valence-corrected chi connectivity index (χ4v) is 2.43. The second-order valence-corrected chi connectivity index (χ2v) is 5.16. The first-order valence-electron chi connectivity index (χ1n) is 6.36. The molecule has 2 unspecified atom stereocenters. The van der Waals surface area contributed by atoms with Crippen LogP contribution in [0.25, 0.3) is 0 Å². The number of carbonyl (C=O) groups is 2. The topological polar surface area (TPSA) is 80.0 Å². The molecule has 4 N–H and O–H groups in total. The molecule has 98 valence electrons. The van der Waals surface area contributed by atoms with E-state index in [9.17, 15) is 9.59 Å². The number of carbonyl (C=O) groups excluding carboxylic acids is 2. The molecule has 0 spiro atoms. The summed E-state index contributed by atoms with van der Waals surface area (Å²) in [6.45, 7) is 4.85. The average molecular weight is 242 g/mol. The van der Waals surface area contributed by atoms with Crippen molar-refractivity contribution < 1.29 is 14.9 Å². The SMILES string of the molecule is C[NH2+]C(CC(C)C)C(=O)N1CCCC1C(N)=O. The molecule has 0 aromatic rings. The molecule has 17 heavy (non-hydrogen) atoms. The van der Waals surface area contributed by atoms with Crippen LogP contribution in [0.2, 0.25) is 0 Å². The molecule has 1 fully saturated rings. The van der Waals surface area contributed by atoms with Gasteiger partial charge in [0.15, 0.2) is 6.04 Å². The van der Waals surface area contributed by atoms with Crippen molar-refractivity contribution in [1.82, 2.24) is 4.90 Å². The third-order valence-electron chi connectivity index (χ3n) is 3.31. The molecule has 0 aliphatic carbocycles. The summed E-state index contributed by atoms with van der Waals surface area (Å²) in [5, 5.41) is 1.93. The largest absolute Gasteiger partial charge is 0.368 e. The zero-order valence-electron chi connectivity index (χ0n) is 11.0. The van der Waals surface area contributed by atoms with Crippen molar-refractivity contribution in [2.75, 3.05) is 13.6 Å². The van der Waals surface area contributed by atoms with Gasteiger partial charge in [0.25, 0.3) is 5.91 Å². The Morgan fingerprint density at radius 3 is 2.59 bits per heavy atom. The molecular weight excluding hydrogens is 218 g/mol. The summed E-state index contributed by atoms with van der Waals surface area (Å²) in [6.07, 6.45) is 2.41. The van der Waals surface area contributed by atoms with Gasteiger partial charge in [-0.2, -0.15) is 0 Å². The van der Waals surface area contributed by atoms with Crippen LogP contribution in [0.5, 0.6) is 0 Å². The Kier molecular flexibility index (Phi) is 4.93. The van der Waals surface area contributed by atoms with Gasteiger partial charge in [0.2, 0.25) is 5.91 Å². The summed E-state index contributed by atoms with van der Waals surface area (Å²) in [5.74, 6) is 0.146. The quantitative estimate of drug-likeness (QED) is 0.653. The van der Waals surface area contributed by atoms with Crippen molar-refractivity contribution in [2.24, 2.45) is 11.7 Å². The van der Waals surface area contributed by atoms with E-state index in [2.05, 4.69) is 13.8 Å². The van der Waals surface area contributed by atoms with Crippen LogP contribution in [-0.4, -0.2) is 42.4 Å². The average Bonchev–Trinajstić information content (AvgIpc) is 2.73. The van der Waals surface area contributed by atoms with Crippen LogP contribution < -0.4 is 11.1 Å². The number of likely N-dealkylation sites (tertiary alicyclic amines) is 1. The van der Waals surface area contributed by atoms with Crippen LogP contribution in [0.15, 0.2) is 0 Å². The van der Waals surface area contributed by atoms with E-state index in [1.807, 2.05) is 12.4 Å². The lowest BCUT2D eigenvalue weighted by molar-refractivity contribution is -0.652. The minimum Gasteiger partial charge on any atom is -0.368 e. The second-order valence-electron chi connectivity index (χ2n) is 5.16. The molecule has 0 aromatic heterocycles. The zero-order chi connectivity index (χ0) is 13.0. The first kappa shape index (κ1) is 14.0. The molecule has 0 radical (unpaired) electrons. The molecule has 0 saturated carbocycles. The Balaban J connectivity index is 2.69. The maximum Gasteiger partial charge on any atom is 0.281 e. The fourth-order valence-electron chi connectivity index (χ4n) is 2.43. The number of primary amides is 1. The van der Waals surface area contributed by atoms with Gasteiger partial charge in [0.05, 0.1) is 7.05 Å². The maximum absolute atomic E-state index is 12.3. The van der Waals surface area contributed by atoms with E-state index in [1.54, 1.807) is 4.90 Å². The van der Waals surface area contributed by atoms with Crippen LogP contribution in [0.4, 0.5) is 0 Å². The van der Waals surface area contributed by atoms with Gasteiger partial charge in [0.1, 0.15) is 6.04 Å². The first-order valence-corrected chi connectivity index (χ1v) is 6.36. The van der Waals surface area contributed by atoms with Crippen molar-refractivity contribution >= 4 is 11.8 Å². The van der Waals surface area contributed by atoms with Gasteiger partial charge in [-0.25, -0.2) is 0 Å². The molecule has 1 aliphatic heterocycles. The Labute approximate surface area is 103 Å². The lowest BCUT2D eigenvalue weighted by Gasteiger charge is -2.25. The Morgan fingerprint density at radius 1 is 1.47 bits per heavy atom. The molecule has 0 bridgehead atoms. The number of likely N-dealkylation sites (N-methyl/N-ethyl adjacent to an activating group) is 1. The van der Waals surface area contributed by atoms with Crippen molar-refractivity contribution in [2.45, 2.75) is 45.2 Å². The highest BCUT2D eigenvalue weighted by Gasteiger charge is 2.37. The predicted molar refractivity (Wildman–Crippen MR) is 65.0 cm³/mol. The number of quaternary nitrogens is 1. The summed E-state index contributed by atoms with van der Waals surface area (Å²) in [6, 6.07) is -0.480. The van der Waals surface area contributed by atoms with Crippen LogP contribution in [0.1, 0.15) is 33.1 Å². The maximum atomic E-state index is 12.3. The van der Waals surface area contributed by atoms with E-state index in [0.717, 1.165) is 12.8 Å². The smallest absolute Gasteiger partial charge is 0.281 e. The molecule has 2 amide bonds. The van der Waals surface area contributed by atoms with Crippen LogP contribution in [0, 0.1) is 5.92 Å². The predicted octanol–water partition coefficient (Wildman–Crippen LogP) is -0.929.